The lowest BCUT2D eigenvalue weighted by Gasteiger charge is -2.45. The Kier molecular flexibility index (Phi) is 4.78. The topological polar surface area (TPSA) is 46.5 Å². The summed E-state index contributed by atoms with van der Waals surface area (Å²) in [6, 6.07) is 9.58. The molecule has 0 spiro atoms. The summed E-state index contributed by atoms with van der Waals surface area (Å²) >= 11 is 0. The van der Waals surface area contributed by atoms with Gasteiger partial charge in [0.05, 0.1) is 0 Å². The second-order valence-electron chi connectivity index (χ2n) is 7.05. The van der Waals surface area contributed by atoms with Crippen LogP contribution >= 0.6 is 0 Å². The number of rotatable bonds is 3. The molecule has 2 aliphatic carbocycles. The van der Waals surface area contributed by atoms with Gasteiger partial charge in [-0.2, -0.15) is 0 Å². The maximum absolute atomic E-state index is 12.2. The number of hydrogen-bond donors (Lipinski definition) is 1. The van der Waals surface area contributed by atoms with E-state index >= 15 is 0 Å². The number of ether oxygens (including phenoxy) is 1. The highest BCUT2D eigenvalue weighted by molar-refractivity contribution is 5.87. The number of aliphatic hydroxyl groups is 1. The van der Waals surface area contributed by atoms with Crippen LogP contribution in [0.25, 0.3) is 6.08 Å². The monoisotopic (exact) mass is 336 g/mol. The van der Waals surface area contributed by atoms with Crippen molar-refractivity contribution in [2.24, 2.45) is 11.3 Å². The standard InChI is InChI=1S/C22H24O3/c1-15-9-11-18-13-19(23)21(16(2)22(18,3)14-15)25-20(24)12-10-17-7-5-4-6-8-17/h4-14,16,19,21,23H,1-3H3/t16-,19-,21+,22+/m0/s1. The summed E-state index contributed by atoms with van der Waals surface area (Å²) in [5.74, 6) is -0.469. The van der Waals surface area contributed by atoms with Gasteiger partial charge in [0.15, 0.2) is 0 Å². The maximum atomic E-state index is 12.2. The molecule has 1 aromatic rings. The first-order chi connectivity index (χ1) is 11.9. The SMILES string of the molecule is CC1=C[C@@]2(C)C(=C[C@H](O)[C@H](OC(=O)C=Cc3ccccc3)[C@@H]2C)C=C1. The Morgan fingerprint density at radius 2 is 1.96 bits per heavy atom. The zero-order valence-electron chi connectivity index (χ0n) is 14.8. The summed E-state index contributed by atoms with van der Waals surface area (Å²) in [7, 11) is 0. The first-order valence-corrected chi connectivity index (χ1v) is 8.62. The average Bonchev–Trinajstić information content (AvgIpc) is 2.59. The largest absolute Gasteiger partial charge is 0.456 e. The van der Waals surface area contributed by atoms with Crippen LogP contribution in [0.3, 0.4) is 0 Å². The number of hydrogen-bond acceptors (Lipinski definition) is 3. The summed E-state index contributed by atoms with van der Waals surface area (Å²) in [5.41, 5.74) is 2.94. The average molecular weight is 336 g/mol. The normalized spacial score (nSPS) is 31.3. The Morgan fingerprint density at radius 3 is 2.68 bits per heavy atom. The number of carbonyl (C=O) groups excluding carboxylic acids is 1. The highest BCUT2D eigenvalue weighted by atomic mass is 16.6. The van der Waals surface area contributed by atoms with Gasteiger partial charge in [-0.15, -0.1) is 0 Å². The van der Waals surface area contributed by atoms with Crippen LogP contribution in [0.2, 0.25) is 0 Å². The van der Waals surface area contributed by atoms with E-state index in [1.54, 1.807) is 12.2 Å². The number of fused-ring (bicyclic) bond motifs is 1. The van der Waals surface area contributed by atoms with Crippen LogP contribution in [0.1, 0.15) is 26.3 Å². The molecule has 0 aromatic heterocycles. The van der Waals surface area contributed by atoms with Crippen LogP contribution in [0.5, 0.6) is 0 Å². The van der Waals surface area contributed by atoms with E-state index < -0.39 is 18.2 Å². The lowest BCUT2D eigenvalue weighted by atomic mass is 9.63. The summed E-state index contributed by atoms with van der Waals surface area (Å²) < 4.78 is 5.61. The molecule has 4 atom stereocenters. The van der Waals surface area contributed by atoms with Crippen molar-refractivity contribution < 1.29 is 14.6 Å². The third-order valence-corrected chi connectivity index (χ3v) is 5.26. The molecule has 0 unspecified atom stereocenters. The zero-order chi connectivity index (χ0) is 18.0. The van der Waals surface area contributed by atoms with Crippen LogP contribution in [0.15, 0.2) is 71.9 Å². The van der Waals surface area contributed by atoms with Crippen LogP contribution in [0, 0.1) is 11.3 Å². The molecular formula is C22H24O3. The van der Waals surface area contributed by atoms with E-state index in [4.69, 9.17) is 4.74 Å². The molecule has 0 saturated heterocycles. The molecule has 0 heterocycles. The predicted octanol–water partition coefficient (Wildman–Crippen LogP) is 4.07. The molecule has 0 bridgehead atoms. The van der Waals surface area contributed by atoms with E-state index in [1.165, 1.54) is 11.6 Å². The number of benzene rings is 1. The van der Waals surface area contributed by atoms with Crippen LogP contribution < -0.4 is 0 Å². The van der Waals surface area contributed by atoms with E-state index in [2.05, 4.69) is 19.9 Å². The molecule has 1 N–H and O–H groups in total. The van der Waals surface area contributed by atoms with Gasteiger partial charge in [-0.25, -0.2) is 4.79 Å². The smallest absolute Gasteiger partial charge is 0.331 e. The van der Waals surface area contributed by atoms with Gasteiger partial charge >= 0.3 is 5.97 Å². The molecule has 0 saturated carbocycles. The lowest BCUT2D eigenvalue weighted by molar-refractivity contribution is -0.154. The predicted molar refractivity (Wildman–Crippen MR) is 99.6 cm³/mol. The summed E-state index contributed by atoms with van der Waals surface area (Å²) in [6.07, 6.45) is 9.84. The summed E-state index contributed by atoms with van der Waals surface area (Å²) in [4.78, 5) is 12.2. The van der Waals surface area contributed by atoms with Gasteiger partial charge in [0.1, 0.15) is 12.2 Å². The van der Waals surface area contributed by atoms with E-state index in [-0.39, 0.29) is 11.3 Å². The van der Waals surface area contributed by atoms with Gasteiger partial charge in [0.25, 0.3) is 0 Å². The van der Waals surface area contributed by atoms with Gasteiger partial charge in [0, 0.05) is 17.4 Å². The minimum Gasteiger partial charge on any atom is -0.456 e. The van der Waals surface area contributed by atoms with E-state index in [1.807, 2.05) is 49.4 Å². The molecule has 1 aromatic carbocycles. The fourth-order valence-electron chi connectivity index (χ4n) is 3.62. The molecular weight excluding hydrogens is 312 g/mol. The molecule has 2 aliphatic rings. The summed E-state index contributed by atoms with van der Waals surface area (Å²) in [5, 5.41) is 10.5. The first kappa shape index (κ1) is 17.4. The Bertz CT molecular complexity index is 770. The van der Waals surface area contributed by atoms with Gasteiger partial charge in [-0.05, 0) is 30.2 Å². The zero-order valence-corrected chi connectivity index (χ0v) is 14.8. The highest BCUT2D eigenvalue weighted by Crippen LogP contribution is 2.47. The Balaban J connectivity index is 1.76. The number of carbonyl (C=O) groups is 1. The van der Waals surface area contributed by atoms with E-state index in [9.17, 15) is 9.90 Å². The molecule has 0 radical (unpaired) electrons. The van der Waals surface area contributed by atoms with Crippen molar-refractivity contribution in [3.05, 3.63) is 77.4 Å². The molecule has 25 heavy (non-hydrogen) atoms. The van der Waals surface area contributed by atoms with Crippen molar-refractivity contribution in [2.45, 2.75) is 33.0 Å². The Labute approximate surface area is 149 Å². The Morgan fingerprint density at radius 1 is 1.24 bits per heavy atom. The fraction of sp³-hybridized carbons (Fsp3) is 0.318. The van der Waals surface area contributed by atoms with Gasteiger partial charge in [-0.3, -0.25) is 0 Å². The van der Waals surface area contributed by atoms with Crippen LogP contribution in [0.4, 0.5) is 0 Å². The fourth-order valence-corrected chi connectivity index (χ4v) is 3.62. The third kappa shape index (κ3) is 3.52. The van der Waals surface area contributed by atoms with Crippen molar-refractivity contribution in [1.29, 1.82) is 0 Å². The van der Waals surface area contributed by atoms with Gasteiger partial charge in [0.2, 0.25) is 0 Å². The number of esters is 1. The third-order valence-electron chi connectivity index (χ3n) is 5.26. The number of allylic oxidation sites excluding steroid dienone is 5. The molecule has 3 heteroatoms. The summed E-state index contributed by atoms with van der Waals surface area (Å²) in [6.45, 7) is 6.21. The van der Waals surface area contributed by atoms with Gasteiger partial charge < -0.3 is 9.84 Å². The minimum atomic E-state index is -0.802. The van der Waals surface area contributed by atoms with Crippen molar-refractivity contribution in [1.82, 2.24) is 0 Å². The molecule has 0 aliphatic heterocycles. The van der Waals surface area contributed by atoms with E-state index in [0.717, 1.165) is 11.1 Å². The molecule has 3 nitrogen and oxygen atoms in total. The molecule has 0 amide bonds. The van der Waals surface area contributed by atoms with Crippen LogP contribution in [-0.2, 0) is 9.53 Å². The van der Waals surface area contributed by atoms with Crippen molar-refractivity contribution in [2.75, 3.05) is 0 Å². The quantitative estimate of drug-likeness (QED) is 0.668. The van der Waals surface area contributed by atoms with Crippen molar-refractivity contribution in [3.63, 3.8) is 0 Å². The van der Waals surface area contributed by atoms with Crippen molar-refractivity contribution in [3.8, 4) is 0 Å². The second kappa shape index (κ2) is 6.85. The molecule has 0 fully saturated rings. The van der Waals surface area contributed by atoms with Crippen molar-refractivity contribution >= 4 is 12.0 Å². The lowest BCUT2D eigenvalue weighted by Crippen LogP contribution is -2.47. The van der Waals surface area contributed by atoms with Crippen LogP contribution in [-0.4, -0.2) is 23.3 Å². The highest BCUT2D eigenvalue weighted by Gasteiger charge is 2.45. The second-order valence-corrected chi connectivity index (χ2v) is 7.05. The number of aliphatic hydroxyl groups excluding tert-OH is 1. The Hall–Kier alpha value is -2.39. The minimum absolute atomic E-state index is 0.0310. The maximum Gasteiger partial charge on any atom is 0.331 e. The molecule has 3 rings (SSSR count). The van der Waals surface area contributed by atoms with E-state index in [0.29, 0.717) is 0 Å². The van der Waals surface area contributed by atoms with Gasteiger partial charge in [-0.1, -0.05) is 68.0 Å². The molecule has 130 valence electrons. The first-order valence-electron chi connectivity index (χ1n) is 8.62.